The van der Waals surface area contributed by atoms with Crippen LogP contribution in [0.3, 0.4) is 0 Å². The van der Waals surface area contributed by atoms with Crippen LogP contribution >= 0.6 is 11.8 Å². The standard InChI is InChI=1S/C77H105N19O16S/c1-7-42(6)65-76(112)92-58(37-97)67(103)85-36-60(98)86-52(24-16-28-82-77(80)81)68(104)91-57(33-62(100)101)70(106)90-56(32-47-35-84-51-22-13-11-20-49(47)51)73(109)94-63(40(2)3)74(110)88-53(23-14-15-27-78)69(105)89-55(31-46-34-83-50-21-12-10-19-48(46)50)72(108)95-64(41(4)5)75(111)93-59(66(79)102)38-113-39-61(99)87-54(71(107)96-65)30-43-25-26-44-17-8-9-18-45(44)29-43/h8-13,17-22,25-26,29,34-35,40-42,52-59,63-65,83-84,97H,7,14-16,23-24,27-28,30-33,36-39,78H2,1-6H3,(H2,79,102)(H,85,103)(H,86,98)(H,87,99)(H,88,110)(H,89,105)(H,90,106)(H,91,104)(H,92,112)(H,93,111)(H,94,109)(H,95,108)(H,96,107)(H,100,101)(H4,80,81,82)/t42-,52-,53-,54-,55-,56+,57-,58-,59-,63+,64-,65-/m0/s1. The number of aliphatic hydroxyl groups excluding tert-OH is 1. The molecule has 113 heavy (non-hydrogen) atoms. The van der Waals surface area contributed by atoms with E-state index < -0.39 is 198 Å². The molecular formula is C77H105N19O16S. The molecule has 1 aliphatic heterocycles. The molecule has 0 unspecified atom stereocenters. The number of benzene rings is 4. The number of carbonyl (C=O) groups excluding carboxylic acids is 13. The second-order valence-electron chi connectivity index (χ2n) is 28.6. The van der Waals surface area contributed by atoms with Gasteiger partial charge in [-0.2, -0.15) is 0 Å². The molecule has 1 aliphatic rings. The molecule has 1 fully saturated rings. The van der Waals surface area contributed by atoms with Gasteiger partial charge >= 0.3 is 5.97 Å². The zero-order chi connectivity index (χ0) is 82.6. The van der Waals surface area contributed by atoms with Gasteiger partial charge in [0.05, 0.1) is 25.3 Å². The minimum Gasteiger partial charge on any atom is -0.481 e. The van der Waals surface area contributed by atoms with E-state index in [-0.39, 0.29) is 70.2 Å². The SMILES string of the molecule is CC[C@H](C)[C@@H]1NC(=O)[C@H](Cc2ccc3ccccc3c2)NC(=O)CSC[C@@H](C(N)=O)NC(=O)[C@H](C(C)C)NC(=O)[C@H](Cc2c[nH]c3ccccc23)NC(=O)[C@H](CCCCN)NC(=O)[C@@H](C(C)C)NC(=O)[C@@H](Cc2c[nH]c3ccccc23)NC(=O)[C@H](CC(=O)O)NC(=O)[C@H](CCCNC(=N)N)NC(=O)CNC(=O)[C@H](CO)NC1=O. The van der Waals surface area contributed by atoms with Crippen LogP contribution in [0.2, 0.25) is 0 Å². The molecule has 35 nitrogen and oxygen atoms in total. The number of guanidine groups is 1. The molecule has 24 N–H and O–H groups in total. The summed E-state index contributed by atoms with van der Waals surface area (Å²) in [6.07, 6.45) is 2.06. The molecule has 2 aromatic heterocycles. The highest BCUT2D eigenvalue weighted by atomic mass is 32.2. The minimum atomic E-state index is -1.99. The summed E-state index contributed by atoms with van der Waals surface area (Å²) < 4.78 is 0. The fourth-order valence-electron chi connectivity index (χ4n) is 12.8. The quantitative estimate of drug-likeness (QED) is 0.0214. The van der Waals surface area contributed by atoms with Crippen LogP contribution in [0.15, 0.2) is 103 Å². The monoisotopic (exact) mass is 1580 g/mol. The van der Waals surface area contributed by atoms with Gasteiger partial charge in [-0.05, 0) is 96.0 Å². The third-order valence-electron chi connectivity index (χ3n) is 19.3. The first-order valence-corrected chi connectivity index (χ1v) is 38.7. The summed E-state index contributed by atoms with van der Waals surface area (Å²) in [4.78, 5) is 207. The van der Waals surface area contributed by atoms with Crippen LogP contribution in [-0.2, 0) is 86.4 Å². The molecule has 0 saturated carbocycles. The van der Waals surface area contributed by atoms with Crippen molar-refractivity contribution in [2.24, 2.45) is 35.0 Å². The third kappa shape index (κ3) is 26.5. The molecule has 3 heterocycles. The molecule has 0 radical (unpaired) electrons. The first-order chi connectivity index (χ1) is 53.9. The molecule has 0 aliphatic carbocycles. The molecule has 7 rings (SSSR count). The van der Waals surface area contributed by atoms with E-state index >= 15 is 14.4 Å². The zero-order valence-corrected chi connectivity index (χ0v) is 64.8. The van der Waals surface area contributed by atoms with Crippen LogP contribution in [0.25, 0.3) is 32.6 Å². The van der Waals surface area contributed by atoms with Crippen molar-refractivity contribution in [2.45, 2.75) is 172 Å². The van der Waals surface area contributed by atoms with Gasteiger partial charge < -0.3 is 107 Å². The number of hydrogen-bond donors (Lipinski definition) is 21. The number of nitrogens with two attached hydrogens (primary N) is 3. The largest absolute Gasteiger partial charge is 0.481 e. The predicted molar refractivity (Wildman–Crippen MR) is 423 cm³/mol. The highest BCUT2D eigenvalue weighted by Crippen LogP contribution is 2.24. The molecule has 36 heteroatoms. The average molecular weight is 1580 g/mol. The van der Waals surface area contributed by atoms with Gasteiger partial charge in [-0.25, -0.2) is 0 Å². The van der Waals surface area contributed by atoms with Crippen molar-refractivity contribution in [1.29, 1.82) is 5.41 Å². The number of amides is 13. The van der Waals surface area contributed by atoms with Crippen molar-refractivity contribution in [3.05, 3.63) is 120 Å². The number of aliphatic carboxylic acids is 1. The van der Waals surface area contributed by atoms with Crippen molar-refractivity contribution in [3.63, 3.8) is 0 Å². The Kier molecular flexibility index (Phi) is 33.9. The van der Waals surface area contributed by atoms with Crippen LogP contribution in [-0.4, -0.2) is 213 Å². The second-order valence-corrected chi connectivity index (χ2v) is 29.7. The number of fused-ring (bicyclic) bond motifs is 3. The molecule has 0 spiro atoms. The highest BCUT2D eigenvalue weighted by Gasteiger charge is 2.39. The van der Waals surface area contributed by atoms with E-state index in [1.807, 2.05) is 36.4 Å². The number of rotatable bonds is 22. The second kappa shape index (κ2) is 43.2. The number of thioether (sulfide) groups is 1. The summed E-state index contributed by atoms with van der Waals surface area (Å²) in [6.45, 7) is 7.95. The number of aromatic nitrogens is 2. The Labute approximate surface area is 656 Å². The van der Waals surface area contributed by atoms with Crippen molar-refractivity contribution in [2.75, 3.05) is 37.7 Å². The molecule has 4 aromatic carbocycles. The van der Waals surface area contributed by atoms with Gasteiger partial charge in [0.2, 0.25) is 76.8 Å². The molecule has 610 valence electrons. The van der Waals surface area contributed by atoms with Crippen molar-refractivity contribution in [1.82, 2.24) is 79.1 Å². The highest BCUT2D eigenvalue weighted by molar-refractivity contribution is 8.00. The Morgan fingerprint density at radius 1 is 0.522 bits per heavy atom. The minimum absolute atomic E-state index is 0.000984. The summed E-state index contributed by atoms with van der Waals surface area (Å²) >= 11 is 0.862. The van der Waals surface area contributed by atoms with Gasteiger partial charge in [-0.3, -0.25) is 72.5 Å². The Morgan fingerprint density at radius 2 is 0.991 bits per heavy atom. The van der Waals surface area contributed by atoms with Gasteiger partial charge in [0.15, 0.2) is 5.96 Å². The van der Waals surface area contributed by atoms with Crippen molar-refractivity contribution < 1.29 is 77.3 Å². The van der Waals surface area contributed by atoms with E-state index in [4.69, 9.17) is 22.6 Å². The maximum absolute atomic E-state index is 15.0. The summed E-state index contributed by atoms with van der Waals surface area (Å²) in [5.74, 6) is -17.5. The van der Waals surface area contributed by atoms with Gasteiger partial charge in [0, 0.05) is 65.8 Å². The van der Waals surface area contributed by atoms with E-state index in [0.29, 0.717) is 44.9 Å². The molecular weight excluding hydrogens is 1480 g/mol. The fraction of sp³-hybridized carbons (Fsp3) is 0.468. The summed E-state index contributed by atoms with van der Waals surface area (Å²) in [7, 11) is 0. The first kappa shape index (κ1) is 88.6. The Hall–Kier alpha value is -11.7. The lowest BCUT2D eigenvalue weighted by molar-refractivity contribution is -0.141. The lowest BCUT2D eigenvalue weighted by Crippen LogP contribution is -2.62. The number of carboxylic acids is 1. The Morgan fingerprint density at radius 3 is 1.53 bits per heavy atom. The van der Waals surface area contributed by atoms with Crippen LogP contribution in [0, 0.1) is 23.2 Å². The number of aromatic amines is 2. The first-order valence-electron chi connectivity index (χ1n) is 37.5. The van der Waals surface area contributed by atoms with E-state index in [9.17, 15) is 63.0 Å². The van der Waals surface area contributed by atoms with Crippen molar-refractivity contribution in [3.8, 4) is 0 Å². The van der Waals surface area contributed by atoms with Crippen LogP contribution in [0.1, 0.15) is 103 Å². The Balaban J connectivity index is 1.26. The third-order valence-corrected chi connectivity index (χ3v) is 20.3. The Bertz CT molecular complexity index is 4400. The van der Waals surface area contributed by atoms with Crippen molar-refractivity contribution >= 4 is 133 Å². The van der Waals surface area contributed by atoms with Crippen LogP contribution in [0.5, 0.6) is 0 Å². The summed E-state index contributed by atoms with van der Waals surface area (Å²) in [5, 5.41) is 65.1. The number of primary amides is 1. The number of unbranched alkanes of at least 4 members (excludes halogenated alkanes) is 1. The maximum atomic E-state index is 15.0. The molecule has 12 atom stereocenters. The topological polar surface area (TPSA) is 569 Å². The molecule has 6 aromatic rings. The van der Waals surface area contributed by atoms with Crippen LogP contribution in [0.4, 0.5) is 0 Å². The van der Waals surface area contributed by atoms with Gasteiger partial charge in [-0.1, -0.05) is 127 Å². The number of hydrogen-bond acceptors (Lipinski definition) is 18. The van der Waals surface area contributed by atoms with E-state index in [1.165, 1.54) is 0 Å². The smallest absolute Gasteiger partial charge is 0.305 e. The summed E-state index contributed by atoms with van der Waals surface area (Å²) in [5.41, 5.74) is 20.2. The molecule has 1 saturated heterocycles. The van der Waals surface area contributed by atoms with E-state index in [2.05, 4.69) is 79.1 Å². The summed E-state index contributed by atoms with van der Waals surface area (Å²) in [6, 6.07) is 9.74. The number of carbonyl (C=O) groups is 14. The number of carboxylic acid groups (broad SMARTS) is 1. The lowest BCUT2D eigenvalue weighted by atomic mass is 9.96. The molecule has 13 amide bonds. The normalized spacial score (nSPS) is 23.1. The van der Waals surface area contributed by atoms with E-state index in [1.54, 1.807) is 109 Å². The van der Waals surface area contributed by atoms with Crippen LogP contribution < -0.4 is 86.3 Å². The number of para-hydroxylation sites is 2. The van der Waals surface area contributed by atoms with E-state index in [0.717, 1.165) is 22.5 Å². The maximum Gasteiger partial charge on any atom is 0.305 e. The zero-order valence-electron chi connectivity index (χ0n) is 64.0. The van der Waals surface area contributed by atoms with Gasteiger partial charge in [0.25, 0.3) is 0 Å². The molecule has 0 bridgehead atoms. The number of H-pyrrole nitrogens is 2. The average Bonchev–Trinajstić information content (AvgIpc) is 1.76. The fourth-order valence-corrected chi connectivity index (χ4v) is 13.6. The van der Waals surface area contributed by atoms with Gasteiger partial charge in [0.1, 0.15) is 66.5 Å². The number of nitrogens with one attached hydrogen (secondary N) is 16. The number of aliphatic hydroxyl groups is 1. The lowest BCUT2D eigenvalue weighted by Gasteiger charge is -2.29. The van der Waals surface area contributed by atoms with Gasteiger partial charge in [-0.15, -0.1) is 11.8 Å². The predicted octanol–water partition coefficient (Wildman–Crippen LogP) is -1.27.